The number of rotatable bonds is 10. The molecule has 5 heteroatoms. The summed E-state index contributed by atoms with van der Waals surface area (Å²) in [5, 5.41) is 0. The van der Waals surface area contributed by atoms with Gasteiger partial charge in [-0.05, 0) is 79.2 Å². The third-order valence-electron chi connectivity index (χ3n) is 7.71. The first-order chi connectivity index (χ1) is 18.4. The molecule has 1 aliphatic rings. The van der Waals surface area contributed by atoms with E-state index < -0.39 is 17.6 Å². The van der Waals surface area contributed by atoms with Gasteiger partial charge < -0.3 is 4.74 Å². The molecule has 3 aromatic rings. The van der Waals surface area contributed by atoms with Crippen molar-refractivity contribution in [2.75, 3.05) is 0 Å². The molecular formula is C33H37F3O2. The molecule has 4 rings (SSSR count). The van der Waals surface area contributed by atoms with Crippen LogP contribution in [-0.2, 0) is 17.6 Å². The maximum Gasteiger partial charge on any atom is 0.314 e. The summed E-state index contributed by atoms with van der Waals surface area (Å²) in [6.45, 7) is 4.21. The largest absolute Gasteiger partial charge is 0.426 e. The van der Waals surface area contributed by atoms with E-state index in [1.54, 1.807) is 24.3 Å². The fraction of sp³-hybridized carbons (Fsp3) is 0.424. The van der Waals surface area contributed by atoms with Crippen LogP contribution in [-0.4, -0.2) is 5.97 Å². The molecule has 0 spiro atoms. The third kappa shape index (κ3) is 6.67. The number of ether oxygens (including phenoxy) is 1. The molecule has 0 aromatic heterocycles. The summed E-state index contributed by atoms with van der Waals surface area (Å²) in [7, 11) is 0. The van der Waals surface area contributed by atoms with Crippen molar-refractivity contribution in [2.45, 2.75) is 84.0 Å². The van der Waals surface area contributed by atoms with Crippen molar-refractivity contribution in [2.24, 2.45) is 5.92 Å². The van der Waals surface area contributed by atoms with Gasteiger partial charge in [-0.25, -0.2) is 13.2 Å². The highest BCUT2D eigenvalue weighted by Gasteiger charge is 2.31. The molecule has 1 fully saturated rings. The molecule has 3 aromatic carbocycles. The molecule has 0 unspecified atom stereocenters. The van der Waals surface area contributed by atoms with E-state index in [4.69, 9.17) is 4.74 Å². The van der Waals surface area contributed by atoms with Crippen molar-refractivity contribution in [1.29, 1.82) is 0 Å². The Morgan fingerprint density at radius 3 is 2.21 bits per heavy atom. The van der Waals surface area contributed by atoms with E-state index in [0.29, 0.717) is 48.8 Å². The lowest BCUT2D eigenvalue weighted by atomic mass is 9.78. The highest BCUT2D eigenvalue weighted by atomic mass is 19.2. The molecule has 0 saturated heterocycles. The summed E-state index contributed by atoms with van der Waals surface area (Å²) in [5.74, 6) is -2.67. The first-order valence-electron chi connectivity index (χ1n) is 14.0. The Labute approximate surface area is 224 Å². The Morgan fingerprint density at radius 1 is 0.816 bits per heavy atom. The van der Waals surface area contributed by atoms with Gasteiger partial charge in [0, 0.05) is 11.6 Å². The molecular weight excluding hydrogens is 485 g/mol. The standard InChI is InChI=1S/C33H37F3O2/c1-3-5-6-8-25-17-18-27(21-30(25)34)38-33(37)26-15-13-24(14-16-26)29-20-19-28(31(35)32(29)36)23-11-9-22(7-4-2)10-12-23/h9-12,17-21,24,26H,3-8,13-16H2,1-2H3. The molecule has 0 aliphatic heterocycles. The maximum atomic E-state index is 15.1. The van der Waals surface area contributed by atoms with Crippen molar-refractivity contribution >= 4 is 5.97 Å². The van der Waals surface area contributed by atoms with E-state index in [1.165, 1.54) is 11.6 Å². The van der Waals surface area contributed by atoms with Crippen LogP contribution >= 0.6 is 0 Å². The molecule has 1 saturated carbocycles. The summed E-state index contributed by atoms with van der Waals surface area (Å²) in [6, 6.07) is 15.5. The molecule has 0 heterocycles. The van der Waals surface area contributed by atoms with E-state index in [0.717, 1.165) is 32.1 Å². The van der Waals surface area contributed by atoms with Crippen molar-refractivity contribution < 1.29 is 22.7 Å². The minimum Gasteiger partial charge on any atom is -0.426 e. The molecule has 2 nitrogen and oxygen atoms in total. The first-order valence-corrected chi connectivity index (χ1v) is 14.0. The van der Waals surface area contributed by atoms with Crippen LogP contribution in [0.1, 0.15) is 87.8 Å². The average molecular weight is 523 g/mol. The fourth-order valence-electron chi connectivity index (χ4n) is 5.44. The van der Waals surface area contributed by atoms with Crippen molar-refractivity contribution in [1.82, 2.24) is 0 Å². The topological polar surface area (TPSA) is 26.3 Å². The second-order valence-electron chi connectivity index (χ2n) is 10.5. The summed E-state index contributed by atoms with van der Waals surface area (Å²) < 4.78 is 50.1. The molecule has 1 aliphatic carbocycles. The van der Waals surface area contributed by atoms with Crippen LogP contribution in [0.25, 0.3) is 11.1 Å². The number of carbonyl (C=O) groups is 1. The fourth-order valence-corrected chi connectivity index (χ4v) is 5.44. The van der Waals surface area contributed by atoms with Gasteiger partial charge in [-0.15, -0.1) is 0 Å². The number of hydrogen-bond acceptors (Lipinski definition) is 2. The lowest BCUT2D eigenvalue weighted by molar-refractivity contribution is -0.140. The van der Waals surface area contributed by atoms with Crippen LogP contribution in [0.4, 0.5) is 13.2 Å². The zero-order valence-corrected chi connectivity index (χ0v) is 22.4. The van der Waals surface area contributed by atoms with Crippen LogP contribution in [0.2, 0.25) is 0 Å². The van der Waals surface area contributed by atoms with Gasteiger partial charge in [0.05, 0.1) is 5.92 Å². The number of unbranched alkanes of at least 4 members (excludes halogenated alkanes) is 2. The number of esters is 1. The van der Waals surface area contributed by atoms with Gasteiger partial charge in [0.1, 0.15) is 11.6 Å². The summed E-state index contributed by atoms with van der Waals surface area (Å²) in [6.07, 6.45) is 7.85. The number of hydrogen-bond donors (Lipinski definition) is 0. The highest BCUT2D eigenvalue weighted by Crippen LogP contribution is 2.39. The lowest BCUT2D eigenvalue weighted by Crippen LogP contribution is -2.25. The number of benzene rings is 3. The summed E-state index contributed by atoms with van der Waals surface area (Å²) >= 11 is 0. The quantitative estimate of drug-likeness (QED) is 0.151. The van der Waals surface area contributed by atoms with Gasteiger partial charge in [-0.3, -0.25) is 4.79 Å². The number of carbonyl (C=O) groups excluding carboxylic acids is 1. The Bertz CT molecular complexity index is 1230. The molecule has 0 bridgehead atoms. The minimum atomic E-state index is -0.826. The van der Waals surface area contributed by atoms with Crippen LogP contribution in [0.3, 0.4) is 0 Å². The number of halogens is 3. The zero-order chi connectivity index (χ0) is 27.1. The maximum absolute atomic E-state index is 15.1. The second kappa shape index (κ2) is 13.1. The highest BCUT2D eigenvalue weighted by molar-refractivity contribution is 5.75. The monoisotopic (exact) mass is 522 g/mol. The number of aryl methyl sites for hydroxylation is 2. The van der Waals surface area contributed by atoms with Gasteiger partial charge in [-0.2, -0.15) is 0 Å². The van der Waals surface area contributed by atoms with Gasteiger partial charge >= 0.3 is 5.97 Å². The van der Waals surface area contributed by atoms with E-state index in [2.05, 4.69) is 13.8 Å². The van der Waals surface area contributed by atoms with Crippen molar-refractivity contribution in [3.63, 3.8) is 0 Å². The lowest BCUT2D eigenvalue weighted by Gasteiger charge is -2.28. The Kier molecular flexibility index (Phi) is 9.65. The first kappa shape index (κ1) is 27.9. The van der Waals surface area contributed by atoms with Crippen LogP contribution in [0.5, 0.6) is 5.75 Å². The van der Waals surface area contributed by atoms with Crippen LogP contribution in [0.15, 0.2) is 54.6 Å². The van der Waals surface area contributed by atoms with E-state index in [9.17, 15) is 9.18 Å². The molecule has 0 atom stereocenters. The zero-order valence-electron chi connectivity index (χ0n) is 22.4. The predicted octanol–water partition coefficient (Wildman–Crippen LogP) is 9.34. The van der Waals surface area contributed by atoms with Gasteiger partial charge in [-0.1, -0.05) is 75.6 Å². The van der Waals surface area contributed by atoms with E-state index >= 15 is 8.78 Å². The van der Waals surface area contributed by atoms with Crippen molar-refractivity contribution in [3.8, 4) is 16.9 Å². The predicted molar refractivity (Wildman–Crippen MR) is 146 cm³/mol. The van der Waals surface area contributed by atoms with Crippen molar-refractivity contribution in [3.05, 3.63) is 88.7 Å². The minimum absolute atomic E-state index is 0.158. The molecule has 38 heavy (non-hydrogen) atoms. The van der Waals surface area contributed by atoms with Crippen LogP contribution in [0, 0.1) is 23.4 Å². The second-order valence-corrected chi connectivity index (χ2v) is 10.5. The van der Waals surface area contributed by atoms with E-state index in [-0.39, 0.29) is 29.0 Å². The van der Waals surface area contributed by atoms with E-state index in [1.807, 2.05) is 24.3 Å². The van der Waals surface area contributed by atoms with Gasteiger partial charge in [0.15, 0.2) is 11.6 Å². The molecule has 0 amide bonds. The normalized spacial score (nSPS) is 17.4. The summed E-state index contributed by atoms with van der Waals surface area (Å²) in [4.78, 5) is 12.7. The smallest absolute Gasteiger partial charge is 0.314 e. The Balaban J connectivity index is 1.35. The van der Waals surface area contributed by atoms with Crippen LogP contribution < -0.4 is 4.74 Å². The molecule has 0 N–H and O–H groups in total. The Morgan fingerprint density at radius 2 is 1.55 bits per heavy atom. The van der Waals surface area contributed by atoms with Gasteiger partial charge in [0.2, 0.25) is 0 Å². The van der Waals surface area contributed by atoms with Gasteiger partial charge in [0.25, 0.3) is 0 Å². The average Bonchev–Trinajstić information content (AvgIpc) is 2.92. The SMILES string of the molecule is CCCCCc1ccc(OC(=O)C2CCC(c3ccc(-c4ccc(CCC)cc4)c(F)c3F)CC2)cc1F. The summed E-state index contributed by atoms with van der Waals surface area (Å²) in [5.41, 5.74) is 3.09. The molecule has 202 valence electrons. The molecule has 0 radical (unpaired) electrons. The Hall–Kier alpha value is -3.08. The third-order valence-corrected chi connectivity index (χ3v) is 7.71.